The molecule has 0 bridgehead atoms. The lowest BCUT2D eigenvalue weighted by Crippen LogP contribution is -2.28. The van der Waals surface area contributed by atoms with Gasteiger partial charge in [0.2, 0.25) is 0 Å². The van der Waals surface area contributed by atoms with E-state index in [4.69, 9.17) is 4.74 Å². The van der Waals surface area contributed by atoms with Gasteiger partial charge in [-0.25, -0.2) is 0 Å². The van der Waals surface area contributed by atoms with E-state index < -0.39 is 0 Å². The van der Waals surface area contributed by atoms with Gasteiger partial charge in [0, 0.05) is 31.0 Å². The van der Waals surface area contributed by atoms with Gasteiger partial charge in [0.25, 0.3) is 0 Å². The van der Waals surface area contributed by atoms with Crippen LogP contribution in [0.25, 0.3) is 0 Å². The summed E-state index contributed by atoms with van der Waals surface area (Å²) in [6.07, 6.45) is 2.30. The maximum atomic E-state index is 5.74. The topological polar surface area (TPSA) is 34.1 Å². The molecule has 15 heavy (non-hydrogen) atoms. The van der Waals surface area contributed by atoms with E-state index in [0.717, 1.165) is 43.9 Å². The molecule has 1 saturated heterocycles. The maximum absolute atomic E-state index is 5.74. The number of pyridine rings is 1. The fraction of sp³-hybridized carbons (Fsp3) is 0.583. The number of ether oxygens (including phenoxy) is 1. The molecular formula is C12H18N2O. The molecule has 3 heteroatoms. The minimum atomic E-state index is 0.279. The molecule has 0 aliphatic carbocycles. The fourth-order valence-corrected chi connectivity index (χ4v) is 1.85. The van der Waals surface area contributed by atoms with Crippen LogP contribution in [0.2, 0.25) is 0 Å². The number of nitrogens with one attached hydrogen (secondary N) is 1. The van der Waals surface area contributed by atoms with Crippen LogP contribution in [0.5, 0.6) is 0 Å². The number of rotatable bonds is 2. The minimum absolute atomic E-state index is 0.279. The molecule has 1 N–H and O–H groups in total. The molecule has 2 rings (SSSR count). The molecule has 0 radical (unpaired) electrons. The Morgan fingerprint density at radius 3 is 3.33 bits per heavy atom. The molecular weight excluding hydrogens is 188 g/mol. The monoisotopic (exact) mass is 206 g/mol. The van der Waals surface area contributed by atoms with Gasteiger partial charge in [-0.15, -0.1) is 0 Å². The Labute approximate surface area is 90.9 Å². The van der Waals surface area contributed by atoms with Crippen LogP contribution in [0.4, 0.5) is 0 Å². The van der Waals surface area contributed by atoms with Crippen molar-refractivity contribution in [3.05, 3.63) is 29.6 Å². The van der Waals surface area contributed by atoms with Gasteiger partial charge in [-0.05, 0) is 32.0 Å². The van der Waals surface area contributed by atoms with Crippen LogP contribution in [0.1, 0.15) is 17.8 Å². The van der Waals surface area contributed by atoms with E-state index in [0.29, 0.717) is 0 Å². The average Bonchev–Trinajstić information content (AvgIpc) is 2.46. The van der Waals surface area contributed by atoms with Crippen molar-refractivity contribution in [2.45, 2.75) is 25.9 Å². The van der Waals surface area contributed by atoms with E-state index in [1.165, 1.54) is 0 Å². The van der Waals surface area contributed by atoms with Crippen LogP contribution < -0.4 is 5.32 Å². The van der Waals surface area contributed by atoms with Crippen LogP contribution >= 0.6 is 0 Å². The summed E-state index contributed by atoms with van der Waals surface area (Å²) >= 11 is 0. The molecule has 2 heterocycles. The fourth-order valence-electron chi connectivity index (χ4n) is 1.85. The van der Waals surface area contributed by atoms with Gasteiger partial charge < -0.3 is 10.1 Å². The highest BCUT2D eigenvalue weighted by molar-refractivity contribution is 5.10. The molecule has 1 aromatic rings. The highest BCUT2D eigenvalue weighted by atomic mass is 16.5. The van der Waals surface area contributed by atoms with Crippen molar-refractivity contribution in [1.29, 1.82) is 0 Å². The van der Waals surface area contributed by atoms with Crippen molar-refractivity contribution in [1.82, 2.24) is 10.3 Å². The Morgan fingerprint density at radius 1 is 1.53 bits per heavy atom. The lowest BCUT2D eigenvalue weighted by molar-refractivity contribution is 0.0669. The quantitative estimate of drug-likeness (QED) is 0.792. The Hall–Kier alpha value is -0.930. The summed E-state index contributed by atoms with van der Waals surface area (Å²) in [6.45, 7) is 4.90. The normalized spacial score (nSPS) is 22.3. The van der Waals surface area contributed by atoms with Gasteiger partial charge in [0.05, 0.1) is 6.10 Å². The summed E-state index contributed by atoms with van der Waals surface area (Å²) in [5, 5.41) is 3.38. The summed E-state index contributed by atoms with van der Waals surface area (Å²) in [5.74, 6) is 0. The predicted molar refractivity (Wildman–Crippen MR) is 59.9 cm³/mol. The van der Waals surface area contributed by atoms with Crippen LogP contribution in [0, 0.1) is 6.92 Å². The SMILES string of the molecule is Cc1cccc(CC2CNCCCO2)n1. The lowest BCUT2D eigenvalue weighted by Gasteiger charge is -2.14. The Kier molecular flexibility index (Phi) is 3.69. The molecule has 3 nitrogen and oxygen atoms in total. The second kappa shape index (κ2) is 5.24. The molecule has 1 fully saturated rings. The molecule has 1 unspecified atom stereocenters. The zero-order valence-electron chi connectivity index (χ0n) is 9.20. The van der Waals surface area contributed by atoms with Crippen molar-refractivity contribution in [2.24, 2.45) is 0 Å². The highest BCUT2D eigenvalue weighted by Crippen LogP contribution is 2.06. The average molecular weight is 206 g/mol. The van der Waals surface area contributed by atoms with Gasteiger partial charge >= 0.3 is 0 Å². The first-order valence-corrected chi connectivity index (χ1v) is 5.59. The van der Waals surface area contributed by atoms with E-state index in [-0.39, 0.29) is 6.10 Å². The van der Waals surface area contributed by atoms with E-state index in [1.807, 2.05) is 13.0 Å². The van der Waals surface area contributed by atoms with Crippen LogP contribution in [-0.2, 0) is 11.2 Å². The number of hydrogen-bond donors (Lipinski definition) is 1. The number of nitrogens with zero attached hydrogens (tertiary/aromatic N) is 1. The summed E-state index contributed by atoms with van der Waals surface area (Å²) in [7, 11) is 0. The van der Waals surface area contributed by atoms with Crippen LogP contribution in [0.3, 0.4) is 0 Å². The largest absolute Gasteiger partial charge is 0.376 e. The Morgan fingerprint density at radius 2 is 2.47 bits per heavy atom. The van der Waals surface area contributed by atoms with Gasteiger partial charge in [-0.2, -0.15) is 0 Å². The van der Waals surface area contributed by atoms with Crippen LogP contribution in [-0.4, -0.2) is 30.8 Å². The van der Waals surface area contributed by atoms with Crippen molar-refractivity contribution in [2.75, 3.05) is 19.7 Å². The zero-order valence-corrected chi connectivity index (χ0v) is 9.20. The summed E-state index contributed by atoms with van der Waals surface area (Å²) in [4.78, 5) is 4.49. The Bertz CT molecular complexity index is 306. The summed E-state index contributed by atoms with van der Waals surface area (Å²) in [6, 6.07) is 6.15. The molecule has 0 amide bonds. The first kappa shape index (κ1) is 10.6. The maximum Gasteiger partial charge on any atom is 0.0754 e. The molecule has 1 aliphatic heterocycles. The first-order valence-electron chi connectivity index (χ1n) is 5.59. The first-order chi connectivity index (χ1) is 7.34. The molecule has 0 spiro atoms. The third kappa shape index (κ3) is 3.29. The molecule has 0 saturated carbocycles. The van der Waals surface area contributed by atoms with Crippen molar-refractivity contribution >= 4 is 0 Å². The van der Waals surface area contributed by atoms with Gasteiger partial charge in [-0.1, -0.05) is 6.07 Å². The standard InChI is InChI=1S/C12H18N2O/c1-10-4-2-5-11(14-10)8-12-9-13-6-3-7-15-12/h2,4-5,12-13H,3,6-9H2,1H3. The van der Waals surface area contributed by atoms with Crippen LogP contribution in [0.15, 0.2) is 18.2 Å². The minimum Gasteiger partial charge on any atom is -0.376 e. The Balaban J connectivity index is 1.95. The lowest BCUT2D eigenvalue weighted by atomic mass is 10.1. The van der Waals surface area contributed by atoms with Crippen molar-refractivity contribution in [3.8, 4) is 0 Å². The molecule has 1 aliphatic rings. The van der Waals surface area contributed by atoms with E-state index >= 15 is 0 Å². The van der Waals surface area contributed by atoms with E-state index in [9.17, 15) is 0 Å². The molecule has 0 aromatic carbocycles. The number of aromatic nitrogens is 1. The van der Waals surface area contributed by atoms with Gasteiger partial charge in [-0.3, -0.25) is 4.98 Å². The number of aryl methyl sites for hydroxylation is 1. The smallest absolute Gasteiger partial charge is 0.0754 e. The number of hydrogen-bond acceptors (Lipinski definition) is 3. The van der Waals surface area contributed by atoms with Crippen molar-refractivity contribution in [3.63, 3.8) is 0 Å². The molecule has 1 atom stereocenters. The second-order valence-corrected chi connectivity index (χ2v) is 4.02. The predicted octanol–water partition coefficient (Wildman–Crippen LogP) is 1.31. The summed E-state index contributed by atoms with van der Waals surface area (Å²) < 4.78 is 5.74. The third-order valence-electron chi connectivity index (χ3n) is 2.61. The van der Waals surface area contributed by atoms with Crippen molar-refractivity contribution < 1.29 is 4.74 Å². The zero-order chi connectivity index (χ0) is 10.5. The van der Waals surface area contributed by atoms with Gasteiger partial charge in [0.1, 0.15) is 0 Å². The van der Waals surface area contributed by atoms with E-state index in [2.05, 4.69) is 22.4 Å². The summed E-state index contributed by atoms with van der Waals surface area (Å²) in [5.41, 5.74) is 2.21. The highest BCUT2D eigenvalue weighted by Gasteiger charge is 2.13. The third-order valence-corrected chi connectivity index (χ3v) is 2.61. The van der Waals surface area contributed by atoms with Gasteiger partial charge in [0.15, 0.2) is 0 Å². The second-order valence-electron chi connectivity index (χ2n) is 4.02. The molecule has 1 aromatic heterocycles. The molecule has 82 valence electrons. The van der Waals surface area contributed by atoms with E-state index in [1.54, 1.807) is 0 Å².